The highest BCUT2D eigenvalue weighted by molar-refractivity contribution is 5.92. The Kier molecular flexibility index (Phi) is 7.28. The largest absolute Gasteiger partial charge is 0.0622 e. The quantitative estimate of drug-likeness (QED) is 0.200. The normalized spacial score (nSPS) is 14.7. The van der Waals surface area contributed by atoms with Crippen molar-refractivity contribution in [3.8, 4) is 11.1 Å². The summed E-state index contributed by atoms with van der Waals surface area (Å²) < 4.78 is 0. The molecule has 44 heavy (non-hydrogen) atoms. The molecule has 4 aromatic rings. The maximum absolute atomic E-state index is 2.52. The summed E-state index contributed by atoms with van der Waals surface area (Å²) in [5, 5.41) is 2.73. The molecule has 6 rings (SSSR count). The van der Waals surface area contributed by atoms with Crippen molar-refractivity contribution in [2.45, 2.75) is 86.5 Å². The highest BCUT2D eigenvalue weighted by atomic mass is 14.4. The minimum absolute atomic E-state index is 0.0918. The SMILES string of the molecule is CC1=C(c2c(C(C)(C)C)c(=C(c3ccccc3)c3ccccc3)cc3c2=Cc2cc(C(C)(C)C)ccc2-3)CC(C(C)(C)C)=C1. The van der Waals surface area contributed by atoms with Crippen molar-refractivity contribution in [1.82, 2.24) is 0 Å². The van der Waals surface area contributed by atoms with Gasteiger partial charge in [-0.25, -0.2) is 0 Å². The smallest absolute Gasteiger partial charge is 0.00354 e. The van der Waals surface area contributed by atoms with E-state index in [0.717, 1.165) is 6.42 Å². The van der Waals surface area contributed by atoms with E-state index in [1.165, 1.54) is 77.2 Å². The number of fused-ring (bicyclic) bond motifs is 3. The third-order valence-corrected chi connectivity index (χ3v) is 9.52. The predicted octanol–water partition coefficient (Wildman–Crippen LogP) is 10.5. The second-order valence-corrected chi connectivity index (χ2v) is 15.9. The average molecular weight is 577 g/mol. The van der Waals surface area contributed by atoms with Crippen LogP contribution in [0.5, 0.6) is 0 Å². The topological polar surface area (TPSA) is 0 Å². The van der Waals surface area contributed by atoms with Crippen LogP contribution in [-0.2, 0) is 10.8 Å². The van der Waals surface area contributed by atoms with Gasteiger partial charge in [-0.05, 0) is 113 Å². The minimum atomic E-state index is -0.0918. The van der Waals surface area contributed by atoms with Gasteiger partial charge in [0.1, 0.15) is 0 Å². The van der Waals surface area contributed by atoms with Crippen LogP contribution in [0.1, 0.15) is 109 Å². The van der Waals surface area contributed by atoms with Crippen LogP contribution in [0.25, 0.3) is 28.3 Å². The molecule has 0 fully saturated rings. The number of hydrogen-bond donors (Lipinski definition) is 0. The minimum Gasteiger partial charge on any atom is -0.0622 e. The third-order valence-electron chi connectivity index (χ3n) is 9.52. The molecule has 4 aromatic carbocycles. The summed E-state index contributed by atoms with van der Waals surface area (Å²) in [5.74, 6) is 0. The fourth-order valence-corrected chi connectivity index (χ4v) is 7.09. The van der Waals surface area contributed by atoms with E-state index in [0.29, 0.717) is 0 Å². The van der Waals surface area contributed by atoms with E-state index in [-0.39, 0.29) is 16.2 Å². The lowest BCUT2D eigenvalue weighted by Gasteiger charge is -2.29. The molecule has 0 saturated carbocycles. The average Bonchev–Trinajstić information content (AvgIpc) is 3.53. The van der Waals surface area contributed by atoms with E-state index in [4.69, 9.17) is 0 Å². The molecule has 0 heteroatoms. The fraction of sp³-hybridized carbons (Fsp3) is 0.318. The molecule has 0 nitrogen and oxygen atoms in total. The molecule has 0 N–H and O–H groups in total. The van der Waals surface area contributed by atoms with Crippen molar-refractivity contribution in [3.63, 3.8) is 0 Å². The number of benzene rings is 4. The summed E-state index contributed by atoms with van der Waals surface area (Å²) in [6.07, 6.45) is 5.96. The van der Waals surface area contributed by atoms with Crippen LogP contribution in [0.2, 0.25) is 0 Å². The van der Waals surface area contributed by atoms with Crippen LogP contribution < -0.4 is 10.4 Å². The monoisotopic (exact) mass is 576 g/mol. The third kappa shape index (κ3) is 5.34. The lowest BCUT2D eigenvalue weighted by Crippen LogP contribution is -2.32. The molecule has 0 spiro atoms. The van der Waals surface area contributed by atoms with Gasteiger partial charge in [-0.3, -0.25) is 0 Å². The maximum atomic E-state index is 2.52. The van der Waals surface area contributed by atoms with Gasteiger partial charge in [0, 0.05) is 0 Å². The number of rotatable bonds is 3. The van der Waals surface area contributed by atoms with Crippen molar-refractivity contribution in [3.05, 3.63) is 146 Å². The van der Waals surface area contributed by atoms with Crippen LogP contribution in [0.3, 0.4) is 0 Å². The molecule has 224 valence electrons. The predicted molar refractivity (Wildman–Crippen MR) is 191 cm³/mol. The summed E-state index contributed by atoms with van der Waals surface area (Å²) in [6, 6.07) is 31.7. The van der Waals surface area contributed by atoms with E-state index in [2.05, 4.69) is 166 Å². The zero-order valence-electron chi connectivity index (χ0n) is 28.4. The van der Waals surface area contributed by atoms with E-state index >= 15 is 0 Å². The first-order valence-electron chi connectivity index (χ1n) is 16.2. The molecule has 0 saturated heterocycles. The first-order chi connectivity index (χ1) is 20.6. The summed E-state index contributed by atoms with van der Waals surface area (Å²) in [5.41, 5.74) is 16.7. The van der Waals surface area contributed by atoms with Gasteiger partial charge < -0.3 is 0 Å². The van der Waals surface area contributed by atoms with E-state index in [1.54, 1.807) is 0 Å². The summed E-state index contributed by atoms with van der Waals surface area (Å²) in [4.78, 5) is 0. The Morgan fingerprint density at radius 2 is 1.18 bits per heavy atom. The van der Waals surface area contributed by atoms with Gasteiger partial charge in [0.05, 0.1) is 0 Å². The summed E-state index contributed by atoms with van der Waals surface area (Å²) >= 11 is 0. The fourth-order valence-electron chi connectivity index (χ4n) is 7.09. The van der Waals surface area contributed by atoms with Gasteiger partial charge in [-0.2, -0.15) is 0 Å². The van der Waals surface area contributed by atoms with Gasteiger partial charge >= 0.3 is 0 Å². The Morgan fingerprint density at radius 1 is 0.591 bits per heavy atom. The lowest BCUT2D eigenvalue weighted by molar-refractivity contribution is 0.497. The zero-order valence-corrected chi connectivity index (χ0v) is 28.4. The molecule has 0 bridgehead atoms. The Hall–Kier alpha value is -3.90. The first-order valence-corrected chi connectivity index (χ1v) is 16.2. The molecule has 0 radical (unpaired) electrons. The highest BCUT2D eigenvalue weighted by Gasteiger charge is 2.32. The van der Waals surface area contributed by atoms with E-state index in [1.807, 2.05) is 0 Å². The Balaban J connectivity index is 1.82. The van der Waals surface area contributed by atoms with Crippen LogP contribution in [0.15, 0.2) is 102 Å². The lowest BCUT2D eigenvalue weighted by atomic mass is 9.75. The zero-order chi connectivity index (χ0) is 31.6. The van der Waals surface area contributed by atoms with Crippen molar-refractivity contribution in [2.75, 3.05) is 0 Å². The van der Waals surface area contributed by atoms with Gasteiger partial charge in [0.2, 0.25) is 0 Å². The van der Waals surface area contributed by atoms with E-state index in [9.17, 15) is 0 Å². The molecule has 2 aliphatic rings. The second-order valence-electron chi connectivity index (χ2n) is 15.9. The summed E-state index contributed by atoms with van der Waals surface area (Å²) in [6.45, 7) is 23.5. The standard InChI is InChI=1S/C44H48/c1-28-23-33(43(5,6)7)26-35(28)40-37-25-31-24-32(42(2,3)4)21-22-34(31)36(37)27-38(41(40)44(8,9)10)39(29-17-13-11-14-18-29)30-19-15-12-16-20-30/h11-25,27H,26H2,1-10H3. The molecule has 0 heterocycles. The van der Waals surface area contributed by atoms with Crippen molar-refractivity contribution in [1.29, 1.82) is 0 Å². The van der Waals surface area contributed by atoms with Crippen molar-refractivity contribution in [2.24, 2.45) is 5.41 Å². The molecular weight excluding hydrogens is 528 g/mol. The first kappa shape index (κ1) is 30.1. The maximum Gasteiger partial charge on any atom is -0.00354 e. The van der Waals surface area contributed by atoms with Crippen LogP contribution >= 0.6 is 0 Å². The molecule has 0 atom stereocenters. The van der Waals surface area contributed by atoms with E-state index < -0.39 is 0 Å². The van der Waals surface area contributed by atoms with Crippen LogP contribution in [-0.4, -0.2) is 0 Å². The van der Waals surface area contributed by atoms with Gasteiger partial charge in [0.15, 0.2) is 0 Å². The molecular formula is C44H48. The molecule has 0 aliphatic heterocycles. The second kappa shape index (κ2) is 10.6. The van der Waals surface area contributed by atoms with Crippen LogP contribution in [0.4, 0.5) is 0 Å². The van der Waals surface area contributed by atoms with Crippen molar-refractivity contribution >= 4 is 17.2 Å². The molecule has 0 aromatic heterocycles. The van der Waals surface area contributed by atoms with Gasteiger partial charge in [0.25, 0.3) is 0 Å². The highest BCUT2D eigenvalue weighted by Crippen LogP contribution is 2.44. The summed E-state index contributed by atoms with van der Waals surface area (Å²) in [7, 11) is 0. The van der Waals surface area contributed by atoms with Crippen molar-refractivity contribution < 1.29 is 0 Å². The number of allylic oxidation sites excluding steroid dienone is 4. The molecule has 0 amide bonds. The van der Waals surface area contributed by atoms with Gasteiger partial charge in [-0.15, -0.1) is 0 Å². The molecule has 2 aliphatic carbocycles. The van der Waals surface area contributed by atoms with Gasteiger partial charge in [-0.1, -0.05) is 153 Å². The van der Waals surface area contributed by atoms with Crippen LogP contribution in [0, 0.1) is 5.41 Å². The number of hydrogen-bond acceptors (Lipinski definition) is 0. The Morgan fingerprint density at radius 3 is 1.68 bits per heavy atom. The molecule has 0 unspecified atom stereocenters. The Bertz CT molecular complexity index is 1900. The Labute approximate surface area is 265 Å².